The fraction of sp³-hybridized carbons (Fsp3) is 0.417. The van der Waals surface area contributed by atoms with E-state index in [1.807, 2.05) is 6.92 Å². The van der Waals surface area contributed by atoms with E-state index in [1.54, 1.807) is 6.07 Å². The van der Waals surface area contributed by atoms with Gasteiger partial charge in [-0.25, -0.2) is 0 Å². The van der Waals surface area contributed by atoms with Gasteiger partial charge in [-0.1, -0.05) is 13.3 Å². The zero-order valence-electron chi connectivity index (χ0n) is 9.41. The minimum absolute atomic E-state index is 0.0676. The number of nitrogens with zero attached hydrogens (tertiary/aromatic N) is 2. The molecule has 0 radical (unpaired) electrons. The van der Waals surface area contributed by atoms with Gasteiger partial charge in [0, 0.05) is 12.6 Å². The molecular weight excluding hydrogens is 226 g/mol. The summed E-state index contributed by atoms with van der Waals surface area (Å²) < 4.78 is 27.3. The highest BCUT2D eigenvalue weighted by Gasteiger charge is 2.41. The predicted molar refractivity (Wildman–Crippen MR) is 57.4 cm³/mol. The van der Waals surface area contributed by atoms with Crippen molar-refractivity contribution in [3.05, 3.63) is 29.6 Å². The Morgan fingerprint density at radius 3 is 2.88 bits per heavy atom. The van der Waals surface area contributed by atoms with Crippen molar-refractivity contribution in [2.45, 2.75) is 32.1 Å². The van der Waals surface area contributed by atoms with Gasteiger partial charge in [-0.3, -0.25) is 9.78 Å². The Labute approximate surface area is 98.1 Å². The van der Waals surface area contributed by atoms with Crippen molar-refractivity contribution in [2.75, 3.05) is 0 Å². The van der Waals surface area contributed by atoms with Crippen LogP contribution in [0.2, 0.25) is 0 Å². The number of alkyl halides is 2. The molecule has 0 saturated carbocycles. The maximum absolute atomic E-state index is 13.7. The van der Waals surface area contributed by atoms with E-state index >= 15 is 0 Å². The Balaban J connectivity index is 2.96. The Morgan fingerprint density at radius 2 is 2.29 bits per heavy atom. The summed E-state index contributed by atoms with van der Waals surface area (Å²) in [6.45, 7) is 1.82. The molecule has 90 valence electrons. The van der Waals surface area contributed by atoms with Crippen LogP contribution in [0, 0.1) is 11.3 Å². The van der Waals surface area contributed by atoms with Gasteiger partial charge in [-0.2, -0.15) is 14.0 Å². The molecule has 0 aliphatic heterocycles. The smallest absolute Gasteiger partial charge is 0.292 e. The number of hydrogen-bond acceptors (Lipinski definition) is 3. The van der Waals surface area contributed by atoms with Crippen LogP contribution >= 0.6 is 0 Å². The number of Topliss-reactive ketones (excluding diaryl/α,β-unsaturated/α-hetero) is 1. The normalized spacial score (nSPS) is 10.9. The number of carbonyl (C=O) groups is 1. The maximum atomic E-state index is 13.7. The van der Waals surface area contributed by atoms with Crippen molar-refractivity contribution in [3.63, 3.8) is 0 Å². The van der Waals surface area contributed by atoms with E-state index in [9.17, 15) is 13.6 Å². The van der Waals surface area contributed by atoms with Gasteiger partial charge < -0.3 is 0 Å². The number of carbonyl (C=O) groups excluding carboxylic acids is 1. The molecule has 0 bridgehead atoms. The largest absolute Gasteiger partial charge is 0.346 e. The molecule has 17 heavy (non-hydrogen) atoms. The highest BCUT2D eigenvalue weighted by molar-refractivity contribution is 5.86. The summed E-state index contributed by atoms with van der Waals surface area (Å²) in [7, 11) is 0. The van der Waals surface area contributed by atoms with Crippen molar-refractivity contribution in [1.29, 1.82) is 5.26 Å². The fourth-order valence-corrected chi connectivity index (χ4v) is 1.31. The third kappa shape index (κ3) is 3.06. The molecule has 0 spiro atoms. The van der Waals surface area contributed by atoms with Crippen molar-refractivity contribution in [3.8, 4) is 6.07 Å². The predicted octanol–water partition coefficient (Wildman–Crippen LogP) is 2.80. The lowest BCUT2D eigenvalue weighted by atomic mass is 10.0. The highest BCUT2D eigenvalue weighted by Crippen LogP contribution is 2.29. The monoisotopic (exact) mass is 238 g/mol. The first-order chi connectivity index (χ1) is 8.02. The van der Waals surface area contributed by atoms with E-state index in [0.717, 1.165) is 12.3 Å². The van der Waals surface area contributed by atoms with E-state index in [0.29, 0.717) is 12.8 Å². The van der Waals surface area contributed by atoms with Gasteiger partial charge >= 0.3 is 5.92 Å². The topological polar surface area (TPSA) is 53.8 Å². The van der Waals surface area contributed by atoms with Crippen LogP contribution in [0.25, 0.3) is 0 Å². The molecule has 0 aliphatic carbocycles. The molecule has 0 amide bonds. The molecule has 1 aromatic rings. The molecule has 0 unspecified atom stereocenters. The zero-order chi connectivity index (χ0) is 12.9. The Kier molecular flexibility index (Phi) is 4.27. The number of hydrogen-bond donors (Lipinski definition) is 0. The molecule has 0 fully saturated rings. The van der Waals surface area contributed by atoms with E-state index in [1.165, 1.54) is 6.07 Å². The van der Waals surface area contributed by atoms with Crippen molar-refractivity contribution >= 4 is 5.78 Å². The summed E-state index contributed by atoms with van der Waals surface area (Å²) >= 11 is 0. The highest BCUT2D eigenvalue weighted by atomic mass is 19.3. The average molecular weight is 238 g/mol. The molecule has 0 atom stereocenters. The van der Waals surface area contributed by atoms with Crippen LogP contribution in [-0.4, -0.2) is 10.8 Å². The van der Waals surface area contributed by atoms with Crippen LogP contribution in [0.1, 0.15) is 37.4 Å². The zero-order valence-corrected chi connectivity index (χ0v) is 9.41. The standard InChI is InChI=1S/C12H12F2N2O/c1-2-3-4-11(17)12(13,14)10-7-9(8-15)5-6-16-10/h5-7H,2-4H2,1H3. The maximum Gasteiger partial charge on any atom is 0.346 e. The third-order valence-corrected chi connectivity index (χ3v) is 2.32. The number of nitriles is 1. The SMILES string of the molecule is CCCCC(=O)C(F)(F)c1cc(C#N)ccn1. The molecule has 0 N–H and O–H groups in total. The molecular formula is C12H12F2N2O. The van der Waals surface area contributed by atoms with E-state index in [2.05, 4.69) is 4.98 Å². The fourth-order valence-electron chi connectivity index (χ4n) is 1.31. The van der Waals surface area contributed by atoms with Crippen LogP contribution in [0.3, 0.4) is 0 Å². The quantitative estimate of drug-likeness (QED) is 0.792. The summed E-state index contributed by atoms with van der Waals surface area (Å²) in [5, 5.41) is 8.60. The molecule has 1 heterocycles. The van der Waals surface area contributed by atoms with Crippen LogP contribution in [0.5, 0.6) is 0 Å². The van der Waals surface area contributed by atoms with E-state index < -0.39 is 17.4 Å². The van der Waals surface area contributed by atoms with Gasteiger partial charge in [0.2, 0.25) is 5.78 Å². The average Bonchev–Trinajstić information content (AvgIpc) is 2.35. The Hall–Kier alpha value is -1.83. The number of aromatic nitrogens is 1. The van der Waals surface area contributed by atoms with E-state index in [-0.39, 0.29) is 12.0 Å². The van der Waals surface area contributed by atoms with E-state index in [4.69, 9.17) is 5.26 Å². The second-order valence-electron chi connectivity index (χ2n) is 3.64. The van der Waals surface area contributed by atoms with Crippen LogP contribution in [-0.2, 0) is 10.7 Å². The van der Waals surface area contributed by atoms with Gasteiger partial charge in [0.05, 0.1) is 11.6 Å². The molecule has 0 aromatic carbocycles. The molecule has 0 saturated heterocycles. The second kappa shape index (κ2) is 5.48. The number of rotatable bonds is 5. The lowest BCUT2D eigenvalue weighted by molar-refractivity contribution is -0.145. The van der Waals surface area contributed by atoms with Crippen molar-refractivity contribution in [1.82, 2.24) is 4.98 Å². The lowest BCUT2D eigenvalue weighted by Gasteiger charge is -2.14. The van der Waals surface area contributed by atoms with Crippen LogP contribution < -0.4 is 0 Å². The third-order valence-electron chi connectivity index (χ3n) is 2.32. The van der Waals surface area contributed by atoms with Crippen LogP contribution in [0.15, 0.2) is 18.3 Å². The number of halogens is 2. The second-order valence-corrected chi connectivity index (χ2v) is 3.64. The first-order valence-corrected chi connectivity index (χ1v) is 5.30. The summed E-state index contributed by atoms with van der Waals surface area (Å²) in [5.41, 5.74) is -0.587. The molecule has 3 nitrogen and oxygen atoms in total. The van der Waals surface area contributed by atoms with Crippen LogP contribution in [0.4, 0.5) is 8.78 Å². The molecule has 5 heteroatoms. The summed E-state index contributed by atoms with van der Waals surface area (Å²) in [5.74, 6) is -4.76. The minimum atomic E-state index is -3.61. The molecule has 0 aliphatic rings. The lowest BCUT2D eigenvalue weighted by Crippen LogP contribution is -2.27. The minimum Gasteiger partial charge on any atom is -0.292 e. The molecule has 1 rings (SSSR count). The summed E-state index contributed by atoms with van der Waals surface area (Å²) in [4.78, 5) is 14.8. The van der Waals surface area contributed by atoms with Gasteiger partial charge in [-0.15, -0.1) is 0 Å². The van der Waals surface area contributed by atoms with Crippen molar-refractivity contribution < 1.29 is 13.6 Å². The number of ketones is 1. The first-order valence-electron chi connectivity index (χ1n) is 5.30. The van der Waals surface area contributed by atoms with Gasteiger partial charge in [-0.05, 0) is 18.6 Å². The Bertz CT molecular complexity index is 452. The van der Waals surface area contributed by atoms with Gasteiger partial charge in [0.25, 0.3) is 0 Å². The van der Waals surface area contributed by atoms with Gasteiger partial charge in [0.15, 0.2) is 0 Å². The van der Waals surface area contributed by atoms with Crippen molar-refractivity contribution in [2.24, 2.45) is 0 Å². The summed E-state index contributed by atoms with van der Waals surface area (Å²) in [6, 6.07) is 4.00. The summed E-state index contributed by atoms with van der Waals surface area (Å²) in [6.07, 6.45) is 2.02. The Morgan fingerprint density at radius 1 is 1.59 bits per heavy atom. The van der Waals surface area contributed by atoms with Gasteiger partial charge in [0.1, 0.15) is 5.69 Å². The number of unbranched alkanes of at least 4 members (excludes halogenated alkanes) is 1. The molecule has 1 aromatic heterocycles. The first kappa shape index (κ1) is 13.2. The number of pyridine rings is 1.